The van der Waals surface area contributed by atoms with Crippen LogP contribution in [-0.4, -0.2) is 11.7 Å². The van der Waals surface area contributed by atoms with Crippen LogP contribution >= 0.6 is 0 Å². The van der Waals surface area contributed by atoms with Gasteiger partial charge in [-0.1, -0.05) is 31.2 Å². The summed E-state index contributed by atoms with van der Waals surface area (Å²) in [6.07, 6.45) is 3.14. The number of aliphatic hydroxyl groups excluding tert-OH is 1. The molecule has 2 rings (SSSR count). The van der Waals surface area contributed by atoms with Crippen molar-refractivity contribution >= 4 is 0 Å². The molecular weight excluding hydrogens is 186 g/mol. The quantitative estimate of drug-likeness (QED) is 0.787. The van der Waals surface area contributed by atoms with E-state index in [1.54, 1.807) is 0 Å². The molecule has 2 nitrogen and oxygen atoms in total. The first kappa shape index (κ1) is 10.7. The van der Waals surface area contributed by atoms with Gasteiger partial charge in [-0.15, -0.1) is 0 Å². The van der Waals surface area contributed by atoms with E-state index < -0.39 is 0 Å². The molecule has 1 saturated carbocycles. The molecule has 0 amide bonds. The van der Waals surface area contributed by atoms with Crippen LogP contribution in [0.1, 0.15) is 30.9 Å². The number of hydrogen-bond acceptors (Lipinski definition) is 2. The van der Waals surface area contributed by atoms with Crippen LogP contribution in [0, 0.1) is 5.92 Å². The Balaban J connectivity index is 2.12. The Morgan fingerprint density at radius 2 is 2.20 bits per heavy atom. The lowest BCUT2D eigenvalue weighted by atomic mass is 9.97. The van der Waals surface area contributed by atoms with Crippen LogP contribution in [0.3, 0.4) is 0 Å². The van der Waals surface area contributed by atoms with Crippen LogP contribution in [0.15, 0.2) is 24.3 Å². The standard InChI is InChI=1S/C13H19NO/c1-10(9-15)7-11-3-2-4-12(8-11)13(14)5-6-13/h2-4,8,10,15H,5-7,9,14H2,1H3. The number of nitrogens with two attached hydrogens (primary N) is 1. The van der Waals surface area contributed by atoms with Crippen molar-refractivity contribution < 1.29 is 5.11 Å². The molecule has 1 aromatic carbocycles. The molecule has 0 spiro atoms. The fraction of sp³-hybridized carbons (Fsp3) is 0.538. The Bertz CT molecular complexity index is 344. The second-order valence-electron chi connectivity index (χ2n) is 4.85. The first-order valence-corrected chi connectivity index (χ1v) is 5.63. The zero-order valence-corrected chi connectivity index (χ0v) is 9.24. The zero-order chi connectivity index (χ0) is 10.9. The maximum absolute atomic E-state index is 9.01. The van der Waals surface area contributed by atoms with Gasteiger partial charge in [0.2, 0.25) is 0 Å². The van der Waals surface area contributed by atoms with E-state index in [0.717, 1.165) is 19.3 Å². The largest absolute Gasteiger partial charge is 0.396 e. The fourth-order valence-corrected chi connectivity index (χ4v) is 1.90. The van der Waals surface area contributed by atoms with Crippen LogP contribution in [0.5, 0.6) is 0 Å². The van der Waals surface area contributed by atoms with Gasteiger partial charge in [-0.3, -0.25) is 0 Å². The highest BCUT2D eigenvalue weighted by molar-refractivity contribution is 5.33. The lowest BCUT2D eigenvalue weighted by molar-refractivity contribution is 0.237. The van der Waals surface area contributed by atoms with Gasteiger partial charge in [0.05, 0.1) is 0 Å². The van der Waals surface area contributed by atoms with Gasteiger partial charge in [-0.25, -0.2) is 0 Å². The summed E-state index contributed by atoms with van der Waals surface area (Å²) in [6.45, 7) is 2.31. The Labute approximate surface area is 91.1 Å². The van der Waals surface area contributed by atoms with Gasteiger partial charge in [0.25, 0.3) is 0 Å². The van der Waals surface area contributed by atoms with Crippen molar-refractivity contribution in [2.24, 2.45) is 11.7 Å². The van der Waals surface area contributed by atoms with Crippen LogP contribution in [0.2, 0.25) is 0 Å². The molecule has 2 heteroatoms. The van der Waals surface area contributed by atoms with Gasteiger partial charge in [0.15, 0.2) is 0 Å². The molecule has 0 radical (unpaired) electrons. The van der Waals surface area contributed by atoms with E-state index in [0.29, 0.717) is 5.92 Å². The molecular formula is C13H19NO. The molecule has 82 valence electrons. The highest BCUT2D eigenvalue weighted by Gasteiger charge is 2.39. The van der Waals surface area contributed by atoms with Crippen molar-refractivity contribution in [3.8, 4) is 0 Å². The number of rotatable bonds is 4. The fourth-order valence-electron chi connectivity index (χ4n) is 1.90. The lowest BCUT2D eigenvalue weighted by Crippen LogP contribution is -2.18. The van der Waals surface area contributed by atoms with E-state index >= 15 is 0 Å². The highest BCUT2D eigenvalue weighted by Crippen LogP contribution is 2.42. The van der Waals surface area contributed by atoms with Gasteiger partial charge < -0.3 is 10.8 Å². The molecule has 0 bridgehead atoms. The summed E-state index contributed by atoms with van der Waals surface area (Å²) in [4.78, 5) is 0. The van der Waals surface area contributed by atoms with Crippen molar-refractivity contribution in [2.75, 3.05) is 6.61 Å². The zero-order valence-electron chi connectivity index (χ0n) is 9.24. The summed E-state index contributed by atoms with van der Waals surface area (Å²) >= 11 is 0. The second-order valence-corrected chi connectivity index (χ2v) is 4.85. The third-order valence-corrected chi connectivity index (χ3v) is 3.19. The monoisotopic (exact) mass is 205 g/mol. The molecule has 1 fully saturated rings. The summed E-state index contributed by atoms with van der Waals surface area (Å²) in [5.74, 6) is 0.327. The van der Waals surface area contributed by atoms with Crippen molar-refractivity contribution in [1.29, 1.82) is 0 Å². The average molecular weight is 205 g/mol. The first-order chi connectivity index (χ1) is 7.14. The third kappa shape index (κ3) is 2.39. The van der Waals surface area contributed by atoms with Gasteiger partial charge in [-0.05, 0) is 36.3 Å². The van der Waals surface area contributed by atoms with Crippen LogP contribution in [0.25, 0.3) is 0 Å². The van der Waals surface area contributed by atoms with Gasteiger partial charge in [-0.2, -0.15) is 0 Å². The SMILES string of the molecule is CC(CO)Cc1cccc(C2(N)CC2)c1. The topological polar surface area (TPSA) is 46.2 Å². The molecule has 1 aliphatic rings. The summed E-state index contributed by atoms with van der Waals surface area (Å²) in [6, 6.07) is 8.49. The Morgan fingerprint density at radius 3 is 2.80 bits per heavy atom. The van der Waals surface area contributed by atoms with E-state index in [1.807, 2.05) is 0 Å². The molecule has 0 aliphatic heterocycles. The van der Waals surface area contributed by atoms with E-state index in [1.165, 1.54) is 11.1 Å². The van der Waals surface area contributed by atoms with E-state index in [-0.39, 0.29) is 12.1 Å². The highest BCUT2D eigenvalue weighted by atomic mass is 16.3. The van der Waals surface area contributed by atoms with Crippen LogP contribution in [0.4, 0.5) is 0 Å². The summed E-state index contributed by atoms with van der Waals surface area (Å²) < 4.78 is 0. The van der Waals surface area contributed by atoms with Crippen LogP contribution in [-0.2, 0) is 12.0 Å². The normalized spacial score (nSPS) is 19.9. The smallest absolute Gasteiger partial charge is 0.0459 e. The Morgan fingerprint density at radius 1 is 1.47 bits per heavy atom. The molecule has 15 heavy (non-hydrogen) atoms. The molecule has 3 N–H and O–H groups in total. The van der Waals surface area contributed by atoms with Gasteiger partial charge >= 0.3 is 0 Å². The summed E-state index contributed by atoms with van der Waals surface area (Å²) in [7, 11) is 0. The van der Waals surface area contributed by atoms with Crippen LogP contribution < -0.4 is 5.73 Å². The number of hydrogen-bond donors (Lipinski definition) is 2. The summed E-state index contributed by atoms with van der Waals surface area (Å²) in [5.41, 5.74) is 8.65. The van der Waals surface area contributed by atoms with E-state index in [2.05, 4.69) is 31.2 Å². The lowest BCUT2D eigenvalue weighted by Gasteiger charge is -2.12. The predicted molar refractivity (Wildman–Crippen MR) is 61.5 cm³/mol. The molecule has 1 aliphatic carbocycles. The van der Waals surface area contributed by atoms with Gasteiger partial charge in [0, 0.05) is 12.1 Å². The summed E-state index contributed by atoms with van der Waals surface area (Å²) in [5, 5.41) is 9.01. The second kappa shape index (κ2) is 3.95. The maximum Gasteiger partial charge on any atom is 0.0459 e. The minimum Gasteiger partial charge on any atom is -0.396 e. The molecule has 1 atom stereocenters. The van der Waals surface area contributed by atoms with E-state index in [4.69, 9.17) is 10.8 Å². The minimum atomic E-state index is -0.0432. The minimum absolute atomic E-state index is 0.0432. The first-order valence-electron chi connectivity index (χ1n) is 5.63. The van der Waals surface area contributed by atoms with Gasteiger partial charge in [0.1, 0.15) is 0 Å². The Kier molecular flexibility index (Phi) is 2.81. The molecule has 0 aromatic heterocycles. The number of benzene rings is 1. The predicted octanol–water partition coefficient (Wildman–Crippen LogP) is 1.81. The van der Waals surface area contributed by atoms with Crippen molar-refractivity contribution in [3.05, 3.63) is 35.4 Å². The third-order valence-electron chi connectivity index (χ3n) is 3.19. The van der Waals surface area contributed by atoms with Crippen molar-refractivity contribution in [1.82, 2.24) is 0 Å². The van der Waals surface area contributed by atoms with E-state index in [9.17, 15) is 0 Å². The number of aliphatic hydroxyl groups is 1. The maximum atomic E-state index is 9.01. The van der Waals surface area contributed by atoms with Crippen molar-refractivity contribution in [2.45, 2.75) is 31.7 Å². The molecule has 0 saturated heterocycles. The molecule has 1 unspecified atom stereocenters. The van der Waals surface area contributed by atoms with Crippen molar-refractivity contribution in [3.63, 3.8) is 0 Å². The Hall–Kier alpha value is -0.860. The molecule has 0 heterocycles. The molecule has 1 aromatic rings. The average Bonchev–Trinajstić information content (AvgIpc) is 2.98.